The van der Waals surface area contributed by atoms with Gasteiger partial charge in [0.25, 0.3) is 0 Å². The van der Waals surface area contributed by atoms with Gasteiger partial charge < -0.3 is 10.1 Å². The number of benzene rings is 2. The van der Waals surface area contributed by atoms with Crippen molar-refractivity contribution in [3.05, 3.63) is 64.7 Å². The molecule has 0 aliphatic heterocycles. The van der Waals surface area contributed by atoms with Crippen LogP contribution in [0, 0.1) is 0 Å². The van der Waals surface area contributed by atoms with Gasteiger partial charge in [0.15, 0.2) is 0 Å². The van der Waals surface area contributed by atoms with Gasteiger partial charge in [0.2, 0.25) is 0 Å². The van der Waals surface area contributed by atoms with Gasteiger partial charge in [0.05, 0.1) is 0 Å². The van der Waals surface area contributed by atoms with Crippen molar-refractivity contribution >= 4 is 0 Å². The van der Waals surface area contributed by atoms with E-state index in [0.29, 0.717) is 6.61 Å². The van der Waals surface area contributed by atoms with Crippen LogP contribution < -0.4 is 10.1 Å². The number of likely N-dealkylation sites (N-methyl/N-ethyl adjacent to an activating group) is 1. The number of ether oxygens (including phenoxy) is 1. The van der Waals surface area contributed by atoms with Crippen LogP contribution in [0.5, 0.6) is 5.75 Å². The maximum Gasteiger partial charge on any atom is 0.120 e. The molecule has 0 amide bonds. The van der Waals surface area contributed by atoms with Crippen LogP contribution in [0.4, 0.5) is 0 Å². The minimum Gasteiger partial charge on any atom is -0.489 e. The van der Waals surface area contributed by atoms with E-state index in [9.17, 15) is 0 Å². The number of rotatable bonds is 6. The minimum atomic E-state index is 0.644. The van der Waals surface area contributed by atoms with Crippen molar-refractivity contribution in [3.8, 4) is 5.75 Å². The fraction of sp³-hybridized carbons (Fsp3) is 0.368. The predicted octanol–water partition coefficient (Wildman–Crippen LogP) is 3.52. The maximum atomic E-state index is 5.93. The van der Waals surface area contributed by atoms with E-state index in [2.05, 4.69) is 47.8 Å². The minimum absolute atomic E-state index is 0.644. The Labute approximate surface area is 127 Å². The highest BCUT2D eigenvalue weighted by atomic mass is 16.5. The number of hydrogen-bond acceptors (Lipinski definition) is 2. The molecular weight excluding hydrogens is 258 g/mol. The summed E-state index contributed by atoms with van der Waals surface area (Å²) in [6, 6.07) is 15.3. The van der Waals surface area contributed by atoms with E-state index in [0.717, 1.165) is 18.7 Å². The molecule has 0 bridgehead atoms. The highest BCUT2D eigenvalue weighted by Gasteiger charge is 2.11. The second kappa shape index (κ2) is 6.77. The quantitative estimate of drug-likeness (QED) is 0.875. The molecule has 2 aromatic carbocycles. The fourth-order valence-corrected chi connectivity index (χ4v) is 2.88. The molecule has 0 atom stereocenters. The van der Waals surface area contributed by atoms with Crippen molar-refractivity contribution in [1.82, 2.24) is 5.32 Å². The number of aryl methyl sites for hydroxylation is 2. The summed E-state index contributed by atoms with van der Waals surface area (Å²) < 4.78 is 5.93. The van der Waals surface area contributed by atoms with E-state index in [1.165, 1.54) is 41.5 Å². The summed E-state index contributed by atoms with van der Waals surface area (Å²) >= 11 is 0. The van der Waals surface area contributed by atoms with Crippen LogP contribution in [0.15, 0.2) is 42.5 Å². The third kappa shape index (κ3) is 3.64. The molecule has 1 N–H and O–H groups in total. The van der Waals surface area contributed by atoms with Crippen LogP contribution >= 0.6 is 0 Å². The van der Waals surface area contributed by atoms with E-state index in [1.54, 1.807) is 0 Å². The second-order valence-corrected chi connectivity index (χ2v) is 5.74. The Bertz CT molecular complexity index is 589. The molecule has 2 heteroatoms. The monoisotopic (exact) mass is 281 g/mol. The average Bonchev–Trinajstić information content (AvgIpc) is 2.99. The van der Waals surface area contributed by atoms with Gasteiger partial charge in [-0.1, -0.05) is 30.3 Å². The molecular formula is C19H23NO. The summed E-state index contributed by atoms with van der Waals surface area (Å²) in [5.41, 5.74) is 5.56. The van der Waals surface area contributed by atoms with Crippen molar-refractivity contribution in [2.45, 2.75) is 32.3 Å². The standard InChI is InChI=1S/C19H23NO/c1-20-12-11-15-5-7-16(8-6-15)14-21-19-10-9-17-3-2-4-18(17)13-19/h5-10,13,20H,2-4,11-12,14H2,1H3. The first-order valence-electron chi connectivity index (χ1n) is 7.82. The molecule has 3 rings (SSSR count). The Balaban J connectivity index is 1.57. The van der Waals surface area contributed by atoms with Crippen molar-refractivity contribution < 1.29 is 4.74 Å². The molecule has 21 heavy (non-hydrogen) atoms. The molecule has 2 aromatic rings. The molecule has 0 heterocycles. The molecule has 2 nitrogen and oxygen atoms in total. The zero-order chi connectivity index (χ0) is 14.5. The van der Waals surface area contributed by atoms with E-state index in [1.807, 2.05) is 7.05 Å². The zero-order valence-electron chi connectivity index (χ0n) is 12.7. The maximum absolute atomic E-state index is 5.93. The molecule has 0 unspecified atom stereocenters. The van der Waals surface area contributed by atoms with Crippen LogP contribution in [-0.4, -0.2) is 13.6 Å². The highest BCUT2D eigenvalue weighted by Crippen LogP contribution is 2.26. The van der Waals surface area contributed by atoms with Gasteiger partial charge in [0.1, 0.15) is 12.4 Å². The highest BCUT2D eigenvalue weighted by molar-refractivity contribution is 5.38. The van der Waals surface area contributed by atoms with Crippen molar-refractivity contribution in [2.24, 2.45) is 0 Å². The van der Waals surface area contributed by atoms with E-state index in [4.69, 9.17) is 4.74 Å². The lowest BCUT2D eigenvalue weighted by molar-refractivity contribution is 0.306. The molecule has 0 saturated heterocycles. The Morgan fingerprint density at radius 2 is 1.71 bits per heavy atom. The first-order valence-corrected chi connectivity index (χ1v) is 7.82. The van der Waals surface area contributed by atoms with E-state index in [-0.39, 0.29) is 0 Å². The summed E-state index contributed by atoms with van der Waals surface area (Å²) in [6.45, 7) is 1.66. The van der Waals surface area contributed by atoms with E-state index < -0.39 is 0 Å². The number of nitrogens with one attached hydrogen (secondary N) is 1. The number of hydrogen-bond donors (Lipinski definition) is 1. The summed E-state index contributed by atoms with van der Waals surface area (Å²) in [5, 5.41) is 3.17. The van der Waals surface area contributed by atoms with Gasteiger partial charge in [-0.15, -0.1) is 0 Å². The van der Waals surface area contributed by atoms with Gasteiger partial charge in [-0.2, -0.15) is 0 Å². The normalized spacial score (nSPS) is 13.2. The lowest BCUT2D eigenvalue weighted by atomic mass is 10.1. The van der Waals surface area contributed by atoms with Crippen molar-refractivity contribution in [2.75, 3.05) is 13.6 Å². The van der Waals surface area contributed by atoms with Crippen LogP contribution in [0.3, 0.4) is 0 Å². The first kappa shape index (κ1) is 14.2. The summed E-state index contributed by atoms with van der Waals surface area (Å²) in [6.07, 6.45) is 4.78. The fourth-order valence-electron chi connectivity index (χ4n) is 2.88. The largest absolute Gasteiger partial charge is 0.489 e. The van der Waals surface area contributed by atoms with Crippen molar-refractivity contribution in [1.29, 1.82) is 0 Å². The van der Waals surface area contributed by atoms with Crippen LogP contribution in [0.2, 0.25) is 0 Å². The topological polar surface area (TPSA) is 21.3 Å². The molecule has 0 spiro atoms. The Morgan fingerprint density at radius 1 is 0.952 bits per heavy atom. The van der Waals surface area contributed by atoms with Gasteiger partial charge >= 0.3 is 0 Å². The number of fused-ring (bicyclic) bond motifs is 1. The molecule has 1 aliphatic rings. The lowest BCUT2D eigenvalue weighted by Gasteiger charge is -2.09. The van der Waals surface area contributed by atoms with Gasteiger partial charge in [-0.05, 0) is 73.7 Å². The Hall–Kier alpha value is -1.80. The van der Waals surface area contributed by atoms with Crippen molar-refractivity contribution in [3.63, 3.8) is 0 Å². The molecule has 0 saturated carbocycles. The van der Waals surface area contributed by atoms with Gasteiger partial charge in [-0.25, -0.2) is 0 Å². The Kier molecular flexibility index (Phi) is 4.56. The lowest BCUT2D eigenvalue weighted by Crippen LogP contribution is -2.10. The molecule has 110 valence electrons. The third-order valence-electron chi connectivity index (χ3n) is 4.16. The van der Waals surface area contributed by atoms with Gasteiger partial charge in [0, 0.05) is 0 Å². The summed E-state index contributed by atoms with van der Waals surface area (Å²) in [5.74, 6) is 0.995. The van der Waals surface area contributed by atoms with Gasteiger partial charge in [-0.3, -0.25) is 0 Å². The molecule has 0 aromatic heterocycles. The zero-order valence-corrected chi connectivity index (χ0v) is 12.7. The van der Waals surface area contributed by atoms with Crippen LogP contribution in [0.1, 0.15) is 28.7 Å². The van der Waals surface area contributed by atoms with Crippen LogP contribution in [0.25, 0.3) is 0 Å². The summed E-state index contributed by atoms with van der Waals surface area (Å²) in [7, 11) is 1.98. The molecule has 1 aliphatic carbocycles. The second-order valence-electron chi connectivity index (χ2n) is 5.74. The smallest absolute Gasteiger partial charge is 0.120 e. The average molecular weight is 281 g/mol. The summed E-state index contributed by atoms with van der Waals surface area (Å²) in [4.78, 5) is 0. The Morgan fingerprint density at radius 3 is 2.52 bits per heavy atom. The van der Waals surface area contributed by atoms with Crippen LogP contribution in [-0.2, 0) is 25.9 Å². The molecule has 0 fully saturated rings. The SMILES string of the molecule is CNCCc1ccc(COc2ccc3c(c2)CCC3)cc1. The van der Waals surface area contributed by atoms with E-state index >= 15 is 0 Å². The first-order chi connectivity index (χ1) is 10.3. The third-order valence-corrected chi connectivity index (χ3v) is 4.16. The molecule has 0 radical (unpaired) electrons. The predicted molar refractivity (Wildman–Crippen MR) is 86.9 cm³/mol.